The zero-order valence-electron chi connectivity index (χ0n) is 15.0. The first-order valence-electron chi connectivity index (χ1n) is 8.67. The van der Waals surface area contributed by atoms with Gasteiger partial charge in [0.05, 0.1) is 6.08 Å². The van der Waals surface area contributed by atoms with Crippen molar-refractivity contribution in [3.05, 3.63) is 102 Å². The van der Waals surface area contributed by atoms with Crippen LogP contribution in [0.3, 0.4) is 0 Å². The molecule has 0 aliphatic heterocycles. The van der Waals surface area contributed by atoms with Crippen LogP contribution in [0.4, 0.5) is 0 Å². The monoisotopic (exact) mass is 402 g/mol. The molecule has 0 amide bonds. The van der Waals surface area contributed by atoms with Crippen molar-refractivity contribution in [3.8, 4) is 16.9 Å². The molecular formula is C22H14N2O4S. The zero-order valence-corrected chi connectivity index (χ0v) is 15.8. The van der Waals surface area contributed by atoms with Gasteiger partial charge in [-0.15, -0.1) is 0 Å². The Kier molecular flexibility index (Phi) is 4.68. The Morgan fingerprint density at radius 2 is 1.34 bits per heavy atom. The maximum absolute atomic E-state index is 12.9. The molecule has 0 radical (unpaired) electrons. The number of rotatable bonds is 4. The molecule has 0 saturated heterocycles. The lowest BCUT2D eigenvalue weighted by molar-refractivity contribution is -0.00437. The molecule has 0 saturated carbocycles. The van der Waals surface area contributed by atoms with E-state index in [1.54, 1.807) is 36.4 Å². The number of hydrogen-bond acceptors (Lipinski definition) is 4. The van der Waals surface area contributed by atoms with Gasteiger partial charge in [0.25, 0.3) is 5.78 Å². The van der Waals surface area contributed by atoms with Crippen molar-refractivity contribution in [2.24, 2.45) is 0 Å². The Hall–Kier alpha value is -3.80. The Bertz CT molecular complexity index is 1290. The molecule has 1 aliphatic carbocycles. The van der Waals surface area contributed by atoms with Crippen LogP contribution >= 0.6 is 0 Å². The fraction of sp³-hybridized carbons (Fsp3) is 0. The van der Waals surface area contributed by atoms with Crippen LogP contribution < -0.4 is 4.18 Å². The average Bonchev–Trinajstić information content (AvgIpc) is 2.75. The van der Waals surface area contributed by atoms with Crippen LogP contribution in [0, 0.1) is 0 Å². The maximum atomic E-state index is 12.9. The van der Waals surface area contributed by atoms with Crippen molar-refractivity contribution in [1.82, 2.24) is 0 Å². The van der Waals surface area contributed by atoms with Crippen molar-refractivity contribution >= 4 is 26.5 Å². The number of carbonyl (C=O) groups excluding carboxylic acids is 1. The molecule has 3 aromatic carbocycles. The summed E-state index contributed by atoms with van der Waals surface area (Å²) in [5.74, 6) is -0.434. The van der Waals surface area contributed by atoms with Crippen LogP contribution in [0.25, 0.3) is 21.6 Å². The second-order valence-electron chi connectivity index (χ2n) is 6.30. The van der Waals surface area contributed by atoms with E-state index < -0.39 is 15.9 Å². The van der Waals surface area contributed by atoms with Crippen LogP contribution in [0.2, 0.25) is 0 Å². The molecule has 29 heavy (non-hydrogen) atoms. The van der Waals surface area contributed by atoms with E-state index in [2.05, 4.69) is 4.79 Å². The Balaban J connectivity index is 1.69. The second-order valence-corrected chi connectivity index (χ2v) is 7.81. The molecule has 4 rings (SSSR count). The van der Waals surface area contributed by atoms with E-state index in [1.807, 2.05) is 30.3 Å². The van der Waals surface area contributed by atoms with E-state index in [4.69, 9.17) is 9.71 Å². The van der Waals surface area contributed by atoms with Gasteiger partial charge >= 0.3 is 15.8 Å². The number of fused-ring (bicyclic) bond motifs is 1. The maximum Gasteiger partial charge on any atom is 0.364 e. The van der Waals surface area contributed by atoms with Gasteiger partial charge in [0.1, 0.15) is 10.7 Å². The third-order valence-electron chi connectivity index (χ3n) is 4.48. The molecule has 0 atom stereocenters. The number of allylic oxidation sites excluding steroid dienone is 1. The molecule has 0 aromatic heterocycles. The second kappa shape index (κ2) is 7.31. The van der Waals surface area contributed by atoms with Crippen molar-refractivity contribution < 1.29 is 22.2 Å². The summed E-state index contributed by atoms with van der Waals surface area (Å²) in [6, 6.07) is 22.5. The predicted molar refractivity (Wildman–Crippen MR) is 109 cm³/mol. The number of nitrogens with zero attached hydrogens (tertiary/aromatic N) is 2. The highest BCUT2D eigenvalue weighted by atomic mass is 32.2. The minimum Gasteiger partial charge on any atom is -0.379 e. The van der Waals surface area contributed by atoms with Crippen LogP contribution in [0.1, 0.15) is 15.9 Å². The minimum atomic E-state index is -4.28. The van der Waals surface area contributed by atoms with Crippen LogP contribution in [-0.4, -0.2) is 24.7 Å². The van der Waals surface area contributed by atoms with Crippen molar-refractivity contribution in [1.29, 1.82) is 0 Å². The first kappa shape index (κ1) is 18.6. The summed E-state index contributed by atoms with van der Waals surface area (Å²) >= 11 is 0. The van der Waals surface area contributed by atoms with Crippen LogP contribution in [0.5, 0.6) is 5.75 Å². The number of hydrogen-bond donors (Lipinski definition) is 0. The van der Waals surface area contributed by atoms with Gasteiger partial charge in [0.2, 0.25) is 0 Å². The summed E-state index contributed by atoms with van der Waals surface area (Å²) in [7, 11) is -4.28. The van der Waals surface area contributed by atoms with Crippen LogP contribution in [-0.2, 0) is 10.1 Å². The quantitative estimate of drug-likeness (QED) is 0.375. The molecule has 3 aromatic rings. The molecule has 0 N–H and O–H groups in total. The first-order chi connectivity index (χ1) is 14.0. The highest BCUT2D eigenvalue weighted by Crippen LogP contribution is 2.31. The van der Waals surface area contributed by atoms with Crippen molar-refractivity contribution in [3.63, 3.8) is 0 Å². The molecule has 0 spiro atoms. The third kappa shape index (κ3) is 3.52. The van der Waals surface area contributed by atoms with E-state index in [9.17, 15) is 13.2 Å². The third-order valence-corrected chi connectivity index (χ3v) is 5.77. The number of ketones is 1. The molecule has 1 aliphatic rings. The van der Waals surface area contributed by atoms with E-state index in [0.717, 1.165) is 17.2 Å². The van der Waals surface area contributed by atoms with E-state index >= 15 is 0 Å². The summed E-state index contributed by atoms with van der Waals surface area (Å²) in [5.41, 5.74) is 11.0. The Morgan fingerprint density at radius 1 is 0.759 bits per heavy atom. The molecule has 0 heterocycles. The molecule has 0 fully saturated rings. The van der Waals surface area contributed by atoms with Crippen molar-refractivity contribution in [2.45, 2.75) is 0 Å². The fourth-order valence-corrected chi connectivity index (χ4v) is 4.25. The molecule has 6 nitrogen and oxygen atoms in total. The zero-order chi connectivity index (χ0) is 20.4. The average molecular weight is 402 g/mol. The van der Waals surface area contributed by atoms with Gasteiger partial charge in [-0.25, -0.2) is 0 Å². The van der Waals surface area contributed by atoms with Crippen molar-refractivity contribution in [2.75, 3.05) is 0 Å². The highest BCUT2D eigenvalue weighted by Gasteiger charge is 2.36. The lowest BCUT2D eigenvalue weighted by atomic mass is 9.95. The van der Waals surface area contributed by atoms with Gasteiger partial charge in [0.15, 0.2) is 0 Å². The fourth-order valence-electron chi connectivity index (χ4n) is 3.09. The molecular weight excluding hydrogens is 388 g/mol. The molecule has 142 valence electrons. The van der Waals surface area contributed by atoms with Gasteiger partial charge in [-0.2, -0.15) is 13.2 Å². The van der Waals surface area contributed by atoms with Gasteiger partial charge in [-0.3, -0.25) is 4.79 Å². The number of Topliss-reactive ketones (excluding diaryl/α,β-unsaturated/α-hetero) is 1. The van der Waals surface area contributed by atoms with Gasteiger partial charge in [-0.1, -0.05) is 66.7 Å². The smallest absolute Gasteiger partial charge is 0.364 e. The summed E-state index contributed by atoms with van der Waals surface area (Å²) in [6.07, 6.45) is 1.01. The standard InChI is InChI=1S/C22H14N2O4S/c23-24-20-14-21(18-8-4-5-9-19(18)22(20)25)29(26,27)28-17-12-10-16(11-13-17)15-6-2-1-3-7-15/h1-14H. The lowest BCUT2D eigenvalue weighted by Crippen LogP contribution is -2.24. The lowest BCUT2D eigenvalue weighted by Gasteiger charge is -2.15. The topological polar surface area (TPSA) is 96.8 Å². The summed E-state index contributed by atoms with van der Waals surface area (Å²) in [6.45, 7) is 0. The van der Waals surface area contributed by atoms with E-state index in [0.29, 0.717) is 0 Å². The highest BCUT2D eigenvalue weighted by molar-refractivity contribution is 7.96. The summed E-state index contributed by atoms with van der Waals surface area (Å²) in [4.78, 5) is 15.0. The number of carbonyl (C=O) groups is 1. The summed E-state index contributed by atoms with van der Waals surface area (Å²) < 4.78 is 31.1. The van der Waals surface area contributed by atoms with Gasteiger partial charge in [0, 0.05) is 11.1 Å². The first-order valence-corrected chi connectivity index (χ1v) is 10.1. The molecule has 7 heteroatoms. The Labute approximate surface area is 167 Å². The molecule has 0 unspecified atom stereocenters. The minimum absolute atomic E-state index is 0.127. The largest absolute Gasteiger partial charge is 0.379 e. The normalized spacial score (nSPS) is 13.3. The van der Waals surface area contributed by atoms with E-state index in [-0.39, 0.29) is 27.5 Å². The number of benzene rings is 3. The SMILES string of the molecule is [N-]=[N+]=C1C=C(S(=O)(=O)Oc2ccc(-c3ccccc3)cc2)c2ccccc2C1=O. The van der Waals surface area contributed by atoms with Gasteiger partial charge < -0.3 is 9.71 Å². The van der Waals surface area contributed by atoms with Crippen LogP contribution in [0.15, 0.2) is 84.9 Å². The molecule has 0 bridgehead atoms. The summed E-state index contributed by atoms with van der Waals surface area (Å²) in [5, 5.41) is 0. The predicted octanol–water partition coefficient (Wildman–Crippen LogP) is 3.97. The Morgan fingerprint density at radius 3 is 2.00 bits per heavy atom. The van der Waals surface area contributed by atoms with Gasteiger partial charge in [-0.05, 0) is 23.3 Å². The van der Waals surface area contributed by atoms with E-state index in [1.165, 1.54) is 12.1 Å².